The van der Waals surface area contributed by atoms with Crippen LogP contribution in [0.3, 0.4) is 0 Å². The van der Waals surface area contributed by atoms with Gasteiger partial charge in [-0.25, -0.2) is 8.78 Å². The standard InChI is InChI=1S/C20H17ClF2N4O3/c1-12(28)26-14-3-2-4-15(10-14)30-8-7-24-17-11-25-27(20(29)19(17)21)18-6-5-13(22)9-16(18)23/h2-6,9-11,24H,7-8H2,1H3,(H,26,28). The van der Waals surface area contributed by atoms with Crippen LogP contribution in [0.25, 0.3) is 5.69 Å². The number of aromatic nitrogens is 2. The monoisotopic (exact) mass is 434 g/mol. The Bertz CT molecular complexity index is 1140. The van der Waals surface area contributed by atoms with Crippen LogP contribution in [-0.2, 0) is 4.79 Å². The molecule has 156 valence electrons. The van der Waals surface area contributed by atoms with Gasteiger partial charge in [-0.05, 0) is 24.3 Å². The van der Waals surface area contributed by atoms with Gasteiger partial charge in [0.25, 0.3) is 5.56 Å². The zero-order valence-corrected chi connectivity index (χ0v) is 16.5. The number of carbonyl (C=O) groups excluding carboxylic acids is 1. The van der Waals surface area contributed by atoms with E-state index in [-0.39, 0.29) is 28.9 Å². The molecule has 2 N–H and O–H groups in total. The van der Waals surface area contributed by atoms with Gasteiger partial charge in [0.15, 0.2) is 5.82 Å². The molecule has 1 aromatic heterocycles. The van der Waals surface area contributed by atoms with Crippen LogP contribution < -0.4 is 20.9 Å². The predicted octanol–water partition coefficient (Wildman–Crippen LogP) is 3.61. The second-order valence-corrected chi connectivity index (χ2v) is 6.55. The zero-order valence-electron chi connectivity index (χ0n) is 15.8. The largest absolute Gasteiger partial charge is 0.492 e. The van der Waals surface area contributed by atoms with E-state index >= 15 is 0 Å². The predicted molar refractivity (Wildman–Crippen MR) is 109 cm³/mol. The SMILES string of the molecule is CC(=O)Nc1cccc(OCCNc2cnn(-c3ccc(F)cc3F)c(=O)c2Cl)c1. The average molecular weight is 435 g/mol. The van der Waals surface area contributed by atoms with Crippen molar-refractivity contribution in [2.45, 2.75) is 6.92 Å². The number of anilines is 2. The molecule has 1 heterocycles. The first-order chi connectivity index (χ1) is 14.3. The van der Waals surface area contributed by atoms with Crippen molar-refractivity contribution >= 4 is 28.9 Å². The van der Waals surface area contributed by atoms with Crippen LogP contribution in [0.5, 0.6) is 5.75 Å². The Morgan fingerprint density at radius 3 is 2.77 bits per heavy atom. The van der Waals surface area contributed by atoms with Crippen molar-refractivity contribution in [2.24, 2.45) is 0 Å². The first-order valence-corrected chi connectivity index (χ1v) is 9.20. The first kappa shape index (κ1) is 21.3. The van der Waals surface area contributed by atoms with Gasteiger partial charge in [0, 0.05) is 31.3 Å². The number of halogens is 3. The molecular weight excluding hydrogens is 418 g/mol. The van der Waals surface area contributed by atoms with Crippen molar-refractivity contribution in [2.75, 3.05) is 23.8 Å². The van der Waals surface area contributed by atoms with Crippen LogP contribution in [0, 0.1) is 11.6 Å². The molecule has 3 aromatic rings. The van der Waals surface area contributed by atoms with Crippen molar-refractivity contribution in [3.8, 4) is 11.4 Å². The van der Waals surface area contributed by atoms with E-state index in [0.29, 0.717) is 24.0 Å². The highest BCUT2D eigenvalue weighted by Crippen LogP contribution is 2.19. The molecule has 0 aliphatic heterocycles. The quantitative estimate of drug-likeness (QED) is 0.555. The van der Waals surface area contributed by atoms with Crippen molar-refractivity contribution in [1.29, 1.82) is 0 Å². The molecule has 1 amide bonds. The van der Waals surface area contributed by atoms with E-state index in [1.165, 1.54) is 13.1 Å². The maximum absolute atomic E-state index is 13.9. The van der Waals surface area contributed by atoms with Gasteiger partial charge in [0.05, 0.1) is 11.9 Å². The van der Waals surface area contributed by atoms with Crippen molar-refractivity contribution in [3.05, 3.63) is 75.7 Å². The van der Waals surface area contributed by atoms with E-state index in [1.54, 1.807) is 24.3 Å². The van der Waals surface area contributed by atoms with Crippen LogP contribution in [-0.4, -0.2) is 28.8 Å². The Morgan fingerprint density at radius 1 is 1.23 bits per heavy atom. The lowest BCUT2D eigenvalue weighted by molar-refractivity contribution is -0.114. The molecule has 0 aliphatic carbocycles. The van der Waals surface area contributed by atoms with Crippen molar-refractivity contribution in [3.63, 3.8) is 0 Å². The fourth-order valence-corrected chi connectivity index (χ4v) is 2.80. The number of nitrogens with one attached hydrogen (secondary N) is 2. The second kappa shape index (κ2) is 9.36. The molecule has 2 aromatic carbocycles. The van der Waals surface area contributed by atoms with E-state index in [0.717, 1.165) is 16.8 Å². The van der Waals surface area contributed by atoms with Crippen LogP contribution in [0.4, 0.5) is 20.2 Å². The molecule has 0 spiro atoms. The highest BCUT2D eigenvalue weighted by Gasteiger charge is 2.14. The van der Waals surface area contributed by atoms with Crippen LogP contribution in [0.2, 0.25) is 5.02 Å². The molecule has 3 rings (SSSR count). The summed E-state index contributed by atoms with van der Waals surface area (Å²) in [7, 11) is 0. The molecule has 0 unspecified atom stereocenters. The van der Waals surface area contributed by atoms with E-state index in [4.69, 9.17) is 16.3 Å². The smallest absolute Gasteiger partial charge is 0.292 e. The lowest BCUT2D eigenvalue weighted by Gasteiger charge is -2.12. The van der Waals surface area contributed by atoms with Gasteiger partial charge in [-0.15, -0.1) is 0 Å². The number of hydrogen-bond acceptors (Lipinski definition) is 5. The summed E-state index contributed by atoms with van der Waals surface area (Å²) in [5, 5.41) is 9.27. The molecule has 0 saturated heterocycles. The summed E-state index contributed by atoms with van der Waals surface area (Å²) >= 11 is 6.08. The Labute approximate surface area is 175 Å². The average Bonchev–Trinajstić information content (AvgIpc) is 2.69. The molecule has 0 bridgehead atoms. The van der Waals surface area contributed by atoms with Gasteiger partial charge in [-0.3, -0.25) is 9.59 Å². The Hall–Kier alpha value is -3.46. The third-order valence-electron chi connectivity index (χ3n) is 3.90. The second-order valence-electron chi connectivity index (χ2n) is 6.17. The number of benzene rings is 2. The molecule has 10 heteroatoms. The van der Waals surface area contributed by atoms with Gasteiger partial charge in [-0.1, -0.05) is 17.7 Å². The van der Waals surface area contributed by atoms with Crippen LogP contribution in [0.15, 0.2) is 53.5 Å². The fourth-order valence-electron chi connectivity index (χ4n) is 2.60. The summed E-state index contributed by atoms with van der Waals surface area (Å²) in [5.74, 6) is -1.34. The topological polar surface area (TPSA) is 85.2 Å². The molecule has 0 aliphatic rings. The van der Waals surface area contributed by atoms with Gasteiger partial charge < -0.3 is 15.4 Å². The number of hydrogen-bond donors (Lipinski definition) is 2. The van der Waals surface area contributed by atoms with E-state index in [9.17, 15) is 18.4 Å². The normalized spacial score (nSPS) is 10.5. The molecule has 0 saturated carbocycles. The Kier molecular flexibility index (Phi) is 6.63. The summed E-state index contributed by atoms with van der Waals surface area (Å²) < 4.78 is 33.3. The highest BCUT2D eigenvalue weighted by molar-refractivity contribution is 6.32. The van der Waals surface area contributed by atoms with Gasteiger partial charge >= 0.3 is 0 Å². The fraction of sp³-hybridized carbons (Fsp3) is 0.150. The molecule has 0 atom stereocenters. The van der Waals surface area contributed by atoms with Crippen LogP contribution in [0.1, 0.15) is 6.92 Å². The maximum atomic E-state index is 13.9. The third kappa shape index (κ3) is 5.12. The summed E-state index contributed by atoms with van der Waals surface area (Å²) in [4.78, 5) is 23.5. The van der Waals surface area contributed by atoms with Gasteiger partial charge in [-0.2, -0.15) is 9.78 Å². The summed E-state index contributed by atoms with van der Waals surface area (Å²) in [6.07, 6.45) is 1.27. The zero-order chi connectivity index (χ0) is 21.7. The third-order valence-corrected chi connectivity index (χ3v) is 4.26. The highest BCUT2D eigenvalue weighted by atomic mass is 35.5. The summed E-state index contributed by atoms with van der Waals surface area (Å²) in [5.41, 5.74) is -0.110. The molecule has 0 fully saturated rings. The number of rotatable bonds is 7. The van der Waals surface area contributed by atoms with Gasteiger partial charge in [0.1, 0.15) is 28.9 Å². The minimum absolute atomic E-state index is 0.189. The number of ether oxygens (including phenoxy) is 1. The lowest BCUT2D eigenvalue weighted by atomic mass is 10.3. The molecule has 30 heavy (non-hydrogen) atoms. The lowest BCUT2D eigenvalue weighted by Crippen LogP contribution is -2.24. The molecule has 7 nitrogen and oxygen atoms in total. The van der Waals surface area contributed by atoms with E-state index in [2.05, 4.69) is 15.7 Å². The molecular formula is C20H17ClF2N4O3. The number of amides is 1. The number of carbonyl (C=O) groups is 1. The van der Waals surface area contributed by atoms with Gasteiger partial charge in [0.2, 0.25) is 5.91 Å². The summed E-state index contributed by atoms with van der Waals surface area (Å²) in [6.45, 7) is 1.93. The minimum Gasteiger partial charge on any atom is -0.492 e. The maximum Gasteiger partial charge on any atom is 0.292 e. The minimum atomic E-state index is -0.934. The van der Waals surface area contributed by atoms with Crippen LogP contribution >= 0.6 is 11.6 Å². The van der Waals surface area contributed by atoms with Crippen molar-refractivity contribution < 1.29 is 18.3 Å². The number of nitrogens with zero attached hydrogens (tertiary/aromatic N) is 2. The Morgan fingerprint density at radius 2 is 2.03 bits per heavy atom. The van der Waals surface area contributed by atoms with E-state index in [1.807, 2.05) is 0 Å². The van der Waals surface area contributed by atoms with Crippen molar-refractivity contribution in [1.82, 2.24) is 9.78 Å². The first-order valence-electron chi connectivity index (χ1n) is 8.83. The van der Waals surface area contributed by atoms with E-state index < -0.39 is 17.2 Å². The Balaban J connectivity index is 1.63. The molecule has 0 radical (unpaired) electrons. The summed E-state index contributed by atoms with van der Waals surface area (Å²) in [6, 6.07) is 9.66.